The second kappa shape index (κ2) is 4.74. The van der Waals surface area contributed by atoms with Crippen molar-refractivity contribution in [1.82, 2.24) is 4.98 Å². The van der Waals surface area contributed by atoms with Gasteiger partial charge in [0.1, 0.15) is 5.75 Å². The zero-order valence-corrected chi connectivity index (χ0v) is 7.96. The molecule has 0 aliphatic heterocycles. The summed E-state index contributed by atoms with van der Waals surface area (Å²) in [6.45, 7) is 1.08. The molecule has 0 aliphatic carbocycles. The third-order valence-corrected chi connectivity index (χ3v) is 1.59. The van der Waals surface area contributed by atoms with Gasteiger partial charge in [-0.2, -0.15) is 0 Å². The quantitative estimate of drug-likeness (QED) is 0.750. The zero-order chi connectivity index (χ0) is 10.6. The topological polar surface area (TPSA) is 31.4 Å². The van der Waals surface area contributed by atoms with E-state index < -0.39 is 13.0 Å². The molecule has 0 atom stereocenters. The molecule has 0 radical (unpaired) electrons. The van der Waals surface area contributed by atoms with Crippen molar-refractivity contribution < 1.29 is 18.3 Å². The lowest BCUT2D eigenvalue weighted by molar-refractivity contribution is 0.0794. The SMILES string of the molecule is COc1ccc(OCC(F)F)nc1C. The molecular formula is C9H11F2NO2. The Morgan fingerprint density at radius 3 is 2.64 bits per heavy atom. The number of pyridine rings is 1. The van der Waals surface area contributed by atoms with Crippen molar-refractivity contribution in [1.29, 1.82) is 0 Å². The molecule has 0 aromatic carbocycles. The van der Waals surface area contributed by atoms with Crippen LogP contribution in [0.5, 0.6) is 11.6 Å². The maximum absolute atomic E-state index is 11.8. The third-order valence-electron chi connectivity index (χ3n) is 1.59. The van der Waals surface area contributed by atoms with E-state index in [9.17, 15) is 8.78 Å². The van der Waals surface area contributed by atoms with E-state index in [4.69, 9.17) is 9.47 Å². The van der Waals surface area contributed by atoms with Crippen LogP contribution in [0.2, 0.25) is 0 Å². The largest absolute Gasteiger partial charge is 0.495 e. The van der Waals surface area contributed by atoms with Crippen LogP contribution in [0.4, 0.5) is 8.78 Å². The Balaban J connectivity index is 2.66. The first-order chi connectivity index (χ1) is 6.63. The van der Waals surface area contributed by atoms with Crippen LogP contribution in [0.3, 0.4) is 0 Å². The van der Waals surface area contributed by atoms with Crippen molar-refractivity contribution in [2.75, 3.05) is 13.7 Å². The lowest BCUT2D eigenvalue weighted by Crippen LogP contribution is -2.08. The molecule has 0 N–H and O–H groups in total. The Labute approximate surface area is 80.7 Å². The number of aryl methyl sites for hydroxylation is 1. The average molecular weight is 203 g/mol. The van der Waals surface area contributed by atoms with Gasteiger partial charge in [0.2, 0.25) is 5.88 Å². The number of nitrogens with zero attached hydrogens (tertiary/aromatic N) is 1. The third kappa shape index (κ3) is 2.83. The Kier molecular flexibility index (Phi) is 3.62. The standard InChI is InChI=1S/C9H11F2NO2/c1-6-7(13-2)3-4-9(12-6)14-5-8(10)11/h3-4,8H,5H2,1-2H3. The fraction of sp³-hybridized carbons (Fsp3) is 0.444. The number of hydrogen-bond donors (Lipinski definition) is 0. The number of halogens is 2. The molecule has 5 heteroatoms. The predicted molar refractivity (Wildman–Crippen MR) is 47.0 cm³/mol. The van der Waals surface area contributed by atoms with E-state index in [1.807, 2.05) is 0 Å². The molecule has 3 nitrogen and oxygen atoms in total. The summed E-state index contributed by atoms with van der Waals surface area (Å²) in [5.41, 5.74) is 0.610. The van der Waals surface area contributed by atoms with Crippen molar-refractivity contribution in [2.24, 2.45) is 0 Å². The average Bonchev–Trinajstić information content (AvgIpc) is 2.15. The monoisotopic (exact) mass is 203 g/mol. The van der Waals surface area contributed by atoms with E-state index in [-0.39, 0.29) is 5.88 Å². The molecular weight excluding hydrogens is 192 g/mol. The van der Waals surface area contributed by atoms with Crippen LogP contribution in [0, 0.1) is 6.92 Å². The van der Waals surface area contributed by atoms with Gasteiger partial charge in [-0.1, -0.05) is 0 Å². The molecule has 0 aliphatic rings. The van der Waals surface area contributed by atoms with Gasteiger partial charge in [-0.3, -0.25) is 0 Å². The summed E-state index contributed by atoms with van der Waals surface area (Å²) in [4.78, 5) is 3.94. The van der Waals surface area contributed by atoms with Crippen LogP contribution < -0.4 is 9.47 Å². The Morgan fingerprint density at radius 1 is 1.43 bits per heavy atom. The maximum atomic E-state index is 11.8. The first-order valence-electron chi connectivity index (χ1n) is 4.06. The summed E-state index contributed by atoms with van der Waals surface area (Å²) in [6, 6.07) is 3.12. The Bertz CT molecular complexity index is 305. The second-order valence-corrected chi connectivity index (χ2v) is 2.64. The van der Waals surface area contributed by atoms with Crippen molar-refractivity contribution in [3.8, 4) is 11.6 Å². The molecule has 1 aromatic heterocycles. The maximum Gasteiger partial charge on any atom is 0.272 e. The van der Waals surface area contributed by atoms with E-state index in [2.05, 4.69) is 4.98 Å². The van der Waals surface area contributed by atoms with Gasteiger partial charge in [0.05, 0.1) is 12.8 Å². The molecule has 0 saturated heterocycles. The number of hydrogen-bond acceptors (Lipinski definition) is 3. The lowest BCUT2D eigenvalue weighted by atomic mass is 10.3. The fourth-order valence-corrected chi connectivity index (χ4v) is 0.970. The van der Waals surface area contributed by atoms with Crippen LogP contribution in [0.25, 0.3) is 0 Å². The number of methoxy groups -OCH3 is 1. The molecule has 0 saturated carbocycles. The zero-order valence-electron chi connectivity index (χ0n) is 7.96. The number of rotatable bonds is 4. The van der Waals surface area contributed by atoms with Crippen molar-refractivity contribution in [3.63, 3.8) is 0 Å². The molecule has 1 rings (SSSR count). The smallest absolute Gasteiger partial charge is 0.272 e. The highest BCUT2D eigenvalue weighted by Crippen LogP contribution is 2.18. The van der Waals surface area contributed by atoms with E-state index in [0.717, 1.165) is 0 Å². The summed E-state index contributed by atoms with van der Waals surface area (Å²) >= 11 is 0. The minimum atomic E-state index is -2.49. The molecule has 14 heavy (non-hydrogen) atoms. The molecule has 1 heterocycles. The highest BCUT2D eigenvalue weighted by Gasteiger charge is 2.06. The van der Waals surface area contributed by atoms with Crippen LogP contribution in [-0.4, -0.2) is 25.1 Å². The van der Waals surface area contributed by atoms with Gasteiger partial charge in [-0.25, -0.2) is 13.8 Å². The van der Waals surface area contributed by atoms with Gasteiger partial charge in [0.25, 0.3) is 6.43 Å². The van der Waals surface area contributed by atoms with Gasteiger partial charge in [0.15, 0.2) is 6.61 Å². The number of aromatic nitrogens is 1. The summed E-state index contributed by atoms with van der Waals surface area (Å²) in [5.74, 6) is 0.790. The van der Waals surface area contributed by atoms with Crippen LogP contribution in [-0.2, 0) is 0 Å². The molecule has 0 unspecified atom stereocenters. The molecule has 0 amide bonds. The highest BCUT2D eigenvalue weighted by molar-refractivity contribution is 5.30. The molecule has 0 bridgehead atoms. The fourth-order valence-electron chi connectivity index (χ4n) is 0.970. The first-order valence-corrected chi connectivity index (χ1v) is 4.06. The van der Waals surface area contributed by atoms with E-state index in [1.165, 1.54) is 13.2 Å². The summed E-state index contributed by atoms with van der Waals surface area (Å²) < 4.78 is 33.3. The number of alkyl halides is 2. The number of ether oxygens (including phenoxy) is 2. The van der Waals surface area contributed by atoms with E-state index in [1.54, 1.807) is 13.0 Å². The first kappa shape index (κ1) is 10.7. The lowest BCUT2D eigenvalue weighted by Gasteiger charge is -2.07. The van der Waals surface area contributed by atoms with E-state index >= 15 is 0 Å². The van der Waals surface area contributed by atoms with Crippen molar-refractivity contribution >= 4 is 0 Å². The van der Waals surface area contributed by atoms with Crippen molar-refractivity contribution in [3.05, 3.63) is 17.8 Å². The van der Waals surface area contributed by atoms with Gasteiger partial charge >= 0.3 is 0 Å². The van der Waals surface area contributed by atoms with Crippen LogP contribution in [0.15, 0.2) is 12.1 Å². The molecule has 0 spiro atoms. The second-order valence-electron chi connectivity index (χ2n) is 2.64. The highest BCUT2D eigenvalue weighted by atomic mass is 19.3. The summed E-state index contributed by atoms with van der Waals surface area (Å²) in [7, 11) is 1.52. The molecule has 78 valence electrons. The minimum absolute atomic E-state index is 0.184. The van der Waals surface area contributed by atoms with Gasteiger partial charge in [-0.05, 0) is 13.0 Å². The Hall–Kier alpha value is -1.39. The van der Waals surface area contributed by atoms with Gasteiger partial charge < -0.3 is 9.47 Å². The van der Waals surface area contributed by atoms with E-state index in [0.29, 0.717) is 11.4 Å². The Morgan fingerprint density at radius 2 is 2.14 bits per heavy atom. The summed E-state index contributed by atoms with van der Waals surface area (Å²) in [5, 5.41) is 0. The van der Waals surface area contributed by atoms with Crippen LogP contribution in [0.1, 0.15) is 5.69 Å². The predicted octanol–water partition coefficient (Wildman–Crippen LogP) is 2.04. The van der Waals surface area contributed by atoms with Crippen molar-refractivity contribution in [2.45, 2.75) is 13.3 Å². The minimum Gasteiger partial charge on any atom is -0.495 e. The van der Waals surface area contributed by atoms with Gasteiger partial charge in [-0.15, -0.1) is 0 Å². The molecule has 0 fully saturated rings. The summed E-state index contributed by atoms with van der Waals surface area (Å²) in [6.07, 6.45) is -2.49. The van der Waals surface area contributed by atoms with Crippen LogP contribution >= 0.6 is 0 Å². The normalized spacial score (nSPS) is 10.4. The molecule has 1 aromatic rings. The van der Waals surface area contributed by atoms with Gasteiger partial charge in [0, 0.05) is 6.07 Å².